The number of hydrogen-bond donors (Lipinski definition) is 0. The minimum atomic E-state index is -0.852. The van der Waals surface area contributed by atoms with Crippen LogP contribution in [0.5, 0.6) is 0 Å². The van der Waals surface area contributed by atoms with E-state index in [0.29, 0.717) is 12.0 Å². The van der Waals surface area contributed by atoms with Crippen LogP contribution in [0.1, 0.15) is 18.4 Å². The standard InChI is InChI=1S/C17H16F2O2/c1-21-17(20)4-2-3-12-5-7-13(8-6-12)14-9-10-15(18)16(19)11-14/h5-11H,2-4H2,1H3. The van der Waals surface area contributed by atoms with Crippen LogP contribution < -0.4 is 0 Å². The van der Waals surface area contributed by atoms with Gasteiger partial charge in [0.1, 0.15) is 0 Å². The Hall–Kier alpha value is -2.23. The molecule has 0 heterocycles. The molecule has 0 fully saturated rings. The first-order valence-electron chi connectivity index (χ1n) is 6.71. The van der Waals surface area contributed by atoms with Crippen molar-refractivity contribution in [2.24, 2.45) is 0 Å². The van der Waals surface area contributed by atoms with Crippen LogP contribution in [0.15, 0.2) is 42.5 Å². The third-order valence-corrected chi connectivity index (χ3v) is 3.28. The van der Waals surface area contributed by atoms with Crippen molar-refractivity contribution in [3.8, 4) is 11.1 Å². The normalized spacial score (nSPS) is 10.4. The summed E-state index contributed by atoms with van der Waals surface area (Å²) in [5.41, 5.74) is 2.55. The fraction of sp³-hybridized carbons (Fsp3) is 0.235. The van der Waals surface area contributed by atoms with Crippen LogP contribution in [0, 0.1) is 11.6 Å². The molecule has 0 aliphatic carbocycles. The van der Waals surface area contributed by atoms with Crippen molar-refractivity contribution in [1.82, 2.24) is 0 Å². The van der Waals surface area contributed by atoms with E-state index in [0.717, 1.165) is 30.0 Å². The number of methoxy groups -OCH3 is 1. The first kappa shape index (κ1) is 15.2. The van der Waals surface area contributed by atoms with Gasteiger partial charge < -0.3 is 4.74 Å². The van der Waals surface area contributed by atoms with E-state index >= 15 is 0 Å². The molecule has 2 aromatic carbocycles. The van der Waals surface area contributed by atoms with E-state index in [1.807, 2.05) is 24.3 Å². The van der Waals surface area contributed by atoms with Crippen LogP contribution >= 0.6 is 0 Å². The summed E-state index contributed by atoms with van der Waals surface area (Å²) in [6.07, 6.45) is 1.88. The number of aryl methyl sites for hydroxylation is 1. The van der Waals surface area contributed by atoms with Crippen LogP contribution in [0.3, 0.4) is 0 Å². The molecule has 2 nitrogen and oxygen atoms in total. The van der Waals surface area contributed by atoms with E-state index in [-0.39, 0.29) is 5.97 Å². The van der Waals surface area contributed by atoms with E-state index < -0.39 is 11.6 Å². The number of ether oxygens (including phenoxy) is 1. The number of carbonyl (C=O) groups excluding carboxylic acids is 1. The molecular formula is C17H16F2O2. The molecule has 0 saturated heterocycles. The Morgan fingerprint density at radius 3 is 2.29 bits per heavy atom. The molecule has 0 spiro atoms. The minimum Gasteiger partial charge on any atom is -0.469 e. The van der Waals surface area contributed by atoms with Crippen molar-refractivity contribution < 1.29 is 18.3 Å². The van der Waals surface area contributed by atoms with Crippen LogP contribution in [-0.2, 0) is 16.0 Å². The molecule has 2 aromatic rings. The number of carbonyl (C=O) groups is 1. The van der Waals surface area contributed by atoms with Crippen molar-refractivity contribution in [1.29, 1.82) is 0 Å². The minimum absolute atomic E-state index is 0.214. The molecule has 110 valence electrons. The predicted octanol–water partition coefficient (Wildman–Crippen LogP) is 4.13. The summed E-state index contributed by atoms with van der Waals surface area (Å²) in [5, 5.41) is 0. The molecule has 0 radical (unpaired) electrons. The summed E-state index contributed by atoms with van der Waals surface area (Å²) < 4.78 is 30.7. The van der Waals surface area contributed by atoms with Crippen molar-refractivity contribution in [2.45, 2.75) is 19.3 Å². The first-order valence-corrected chi connectivity index (χ1v) is 6.71. The predicted molar refractivity (Wildman–Crippen MR) is 76.7 cm³/mol. The van der Waals surface area contributed by atoms with Gasteiger partial charge in [0.25, 0.3) is 0 Å². The average Bonchev–Trinajstić information content (AvgIpc) is 2.50. The van der Waals surface area contributed by atoms with Gasteiger partial charge in [-0.15, -0.1) is 0 Å². The lowest BCUT2D eigenvalue weighted by molar-refractivity contribution is -0.140. The lowest BCUT2D eigenvalue weighted by Gasteiger charge is -2.05. The highest BCUT2D eigenvalue weighted by molar-refractivity contribution is 5.69. The summed E-state index contributed by atoms with van der Waals surface area (Å²) in [7, 11) is 1.37. The molecule has 0 unspecified atom stereocenters. The second-order valence-electron chi connectivity index (χ2n) is 4.76. The van der Waals surface area contributed by atoms with Crippen molar-refractivity contribution in [3.05, 3.63) is 59.7 Å². The van der Waals surface area contributed by atoms with Crippen molar-refractivity contribution in [3.63, 3.8) is 0 Å². The maximum absolute atomic E-state index is 13.2. The lowest BCUT2D eigenvalue weighted by atomic mass is 10.0. The largest absolute Gasteiger partial charge is 0.469 e. The Labute approximate surface area is 122 Å². The number of hydrogen-bond acceptors (Lipinski definition) is 2. The molecule has 0 aliphatic rings. The zero-order valence-electron chi connectivity index (χ0n) is 11.7. The first-order chi connectivity index (χ1) is 10.1. The molecule has 0 aliphatic heterocycles. The van der Waals surface area contributed by atoms with Gasteiger partial charge in [0, 0.05) is 6.42 Å². The van der Waals surface area contributed by atoms with Gasteiger partial charge in [-0.3, -0.25) is 4.79 Å². The maximum atomic E-state index is 13.2. The summed E-state index contributed by atoms with van der Waals surface area (Å²) in [5.74, 6) is -1.92. The van der Waals surface area contributed by atoms with E-state index in [1.54, 1.807) is 6.07 Å². The lowest BCUT2D eigenvalue weighted by Crippen LogP contribution is -2.00. The van der Waals surface area contributed by atoms with Gasteiger partial charge in [-0.25, -0.2) is 8.78 Å². The Morgan fingerprint density at radius 2 is 1.67 bits per heavy atom. The highest BCUT2D eigenvalue weighted by atomic mass is 19.2. The smallest absolute Gasteiger partial charge is 0.305 e. The zero-order chi connectivity index (χ0) is 15.2. The maximum Gasteiger partial charge on any atom is 0.305 e. The fourth-order valence-electron chi connectivity index (χ4n) is 2.08. The summed E-state index contributed by atoms with van der Waals surface area (Å²) >= 11 is 0. The SMILES string of the molecule is COC(=O)CCCc1ccc(-c2ccc(F)c(F)c2)cc1. The number of benzene rings is 2. The van der Waals surface area contributed by atoms with Crippen LogP contribution in [0.2, 0.25) is 0 Å². The van der Waals surface area contributed by atoms with Gasteiger partial charge in [0.2, 0.25) is 0 Å². The van der Waals surface area contributed by atoms with Gasteiger partial charge in [-0.05, 0) is 41.7 Å². The molecule has 0 amide bonds. The van der Waals surface area contributed by atoms with Gasteiger partial charge in [-0.1, -0.05) is 30.3 Å². The van der Waals surface area contributed by atoms with Crippen molar-refractivity contribution in [2.75, 3.05) is 7.11 Å². The quantitative estimate of drug-likeness (QED) is 0.774. The Balaban J connectivity index is 2.01. The second-order valence-corrected chi connectivity index (χ2v) is 4.76. The zero-order valence-corrected chi connectivity index (χ0v) is 11.7. The van der Waals surface area contributed by atoms with E-state index in [2.05, 4.69) is 4.74 Å². The molecule has 0 N–H and O–H groups in total. The summed E-state index contributed by atoms with van der Waals surface area (Å²) in [6.45, 7) is 0. The van der Waals surface area contributed by atoms with Gasteiger partial charge in [-0.2, -0.15) is 0 Å². The molecule has 0 aromatic heterocycles. The number of rotatable bonds is 5. The average molecular weight is 290 g/mol. The number of esters is 1. The van der Waals surface area contributed by atoms with Crippen LogP contribution in [-0.4, -0.2) is 13.1 Å². The molecule has 0 bridgehead atoms. The topological polar surface area (TPSA) is 26.3 Å². The van der Waals surface area contributed by atoms with Crippen LogP contribution in [0.4, 0.5) is 8.78 Å². The molecule has 2 rings (SSSR count). The highest BCUT2D eigenvalue weighted by Crippen LogP contribution is 2.22. The monoisotopic (exact) mass is 290 g/mol. The number of halogens is 2. The molecule has 0 saturated carbocycles. The molecular weight excluding hydrogens is 274 g/mol. The molecule has 21 heavy (non-hydrogen) atoms. The van der Waals surface area contributed by atoms with E-state index in [9.17, 15) is 13.6 Å². The Morgan fingerprint density at radius 1 is 1.00 bits per heavy atom. The Bertz CT molecular complexity index is 621. The van der Waals surface area contributed by atoms with E-state index in [1.165, 1.54) is 13.2 Å². The van der Waals surface area contributed by atoms with Gasteiger partial charge in [0.15, 0.2) is 11.6 Å². The van der Waals surface area contributed by atoms with Crippen LogP contribution in [0.25, 0.3) is 11.1 Å². The third kappa shape index (κ3) is 4.12. The third-order valence-electron chi connectivity index (χ3n) is 3.28. The molecule has 4 heteroatoms. The fourth-order valence-corrected chi connectivity index (χ4v) is 2.08. The van der Waals surface area contributed by atoms with Crippen molar-refractivity contribution >= 4 is 5.97 Å². The van der Waals surface area contributed by atoms with Gasteiger partial charge in [0.05, 0.1) is 7.11 Å². The second kappa shape index (κ2) is 6.97. The molecule has 0 atom stereocenters. The van der Waals surface area contributed by atoms with Gasteiger partial charge >= 0.3 is 5.97 Å². The van der Waals surface area contributed by atoms with E-state index in [4.69, 9.17) is 0 Å². The highest BCUT2D eigenvalue weighted by Gasteiger charge is 2.05. The summed E-state index contributed by atoms with van der Waals surface area (Å²) in [4.78, 5) is 11.0. The Kier molecular flexibility index (Phi) is 5.04. The summed E-state index contributed by atoms with van der Waals surface area (Å²) in [6, 6.07) is 11.4.